The predicted molar refractivity (Wildman–Crippen MR) is 65.1 cm³/mol. The molecule has 0 amide bonds. The number of nitrogens with zero attached hydrogens (tertiary/aromatic N) is 1. The smallest absolute Gasteiger partial charge is 0.0973 e. The second-order valence-corrected chi connectivity index (χ2v) is 5.03. The Morgan fingerprint density at radius 2 is 2.25 bits per heavy atom. The van der Waals surface area contributed by atoms with Gasteiger partial charge in [0.05, 0.1) is 11.8 Å². The van der Waals surface area contributed by atoms with Gasteiger partial charge >= 0.3 is 0 Å². The van der Waals surface area contributed by atoms with E-state index in [1.54, 1.807) is 6.20 Å². The van der Waals surface area contributed by atoms with Gasteiger partial charge in [-0.05, 0) is 53.2 Å². The Balaban J connectivity index is 1.96. The normalized spacial score (nSPS) is 19.6. The summed E-state index contributed by atoms with van der Waals surface area (Å²) in [5.74, 6) is 0.553. The van der Waals surface area contributed by atoms with Crippen molar-refractivity contribution in [1.29, 1.82) is 0 Å². The summed E-state index contributed by atoms with van der Waals surface area (Å²) in [4.78, 5) is 4.22. The zero-order chi connectivity index (χ0) is 11.4. The minimum atomic E-state index is -0.473. The lowest BCUT2D eigenvalue weighted by Crippen LogP contribution is -2.18. The van der Waals surface area contributed by atoms with E-state index in [4.69, 9.17) is 4.74 Å². The molecular formula is C12H16BrNO2. The Morgan fingerprint density at radius 1 is 1.50 bits per heavy atom. The molecule has 2 rings (SSSR count). The molecule has 1 N–H and O–H groups in total. The number of pyridine rings is 1. The minimum Gasteiger partial charge on any atom is -0.387 e. The molecule has 0 radical (unpaired) electrons. The maximum Gasteiger partial charge on any atom is 0.0973 e. The zero-order valence-corrected chi connectivity index (χ0v) is 10.7. The van der Waals surface area contributed by atoms with Gasteiger partial charge < -0.3 is 9.84 Å². The van der Waals surface area contributed by atoms with E-state index in [0.29, 0.717) is 5.92 Å². The molecule has 0 aliphatic carbocycles. The highest BCUT2D eigenvalue weighted by molar-refractivity contribution is 9.10. The van der Waals surface area contributed by atoms with Crippen molar-refractivity contribution >= 4 is 15.9 Å². The van der Waals surface area contributed by atoms with E-state index >= 15 is 0 Å². The van der Waals surface area contributed by atoms with E-state index in [2.05, 4.69) is 20.9 Å². The highest BCUT2D eigenvalue weighted by Crippen LogP contribution is 2.29. The molecule has 1 aliphatic heterocycles. The number of aromatic nitrogens is 1. The van der Waals surface area contributed by atoms with Crippen LogP contribution in [0, 0.1) is 5.92 Å². The van der Waals surface area contributed by atoms with Crippen molar-refractivity contribution in [2.75, 3.05) is 13.2 Å². The topological polar surface area (TPSA) is 42.4 Å². The molecule has 1 fully saturated rings. The highest BCUT2D eigenvalue weighted by atomic mass is 79.9. The molecule has 1 atom stereocenters. The molecule has 2 heterocycles. The third-order valence-electron chi connectivity index (χ3n) is 3.00. The molecule has 1 aromatic heterocycles. The predicted octanol–water partition coefficient (Wildman–Crippen LogP) is 2.69. The Labute approximate surface area is 104 Å². The molecule has 0 spiro atoms. The van der Waals surface area contributed by atoms with Gasteiger partial charge in [-0.25, -0.2) is 0 Å². The number of rotatable bonds is 3. The molecule has 1 saturated heterocycles. The van der Waals surface area contributed by atoms with Crippen molar-refractivity contribution in [3.63, 3.8) is 0 Å². The van der Waals surface area contributed by atoms with Crippen LogP contribution in [0.4, 0.5) is 0 Å². The molecule has 3 nitrogen and oxygen atoms in total. The first-order chi connectivity index (χ1) is 7.77. The fourth-order valence-corrected chi connectivity index (χ4v) is 2.57. The summed E-state index contributed by atoms with van der Waals surface area (Å²) in [6.07, 6.45) is 4.11. The standard InChI is InChI=1S/C12H16BrNO2/c13-10-2-1-5-14-12(10)11(15)8-9-3-6-16-7-4-9/h1-2,5,9,11,15H,3-4,6-8H2. The molecule has 1 unspecified atom stereocenters. The summed E-state index contributed by atoms with van der Waals surface area (Å²) in [5, 5.41) is 10.1. The van der Waals surface area contributed by atoms with Gasteiger partial charge in [0.15, 0.2) is 0 Å². The van der Waals surface area contributed by atoms with E-state index in [9.17, 15) is 5.11 Å². The van der Waals surface area contributed by atoms with Crippen LogP contribution >= 0.6 is 15.9 Å². The van der Waals surface area contributed by atoms with Crippen molar-refractivity contribution in [2.45, 2.75) is 25.4 Å². The molecular weight excluding hydrogens is 270 g/mol. The summed E-state index contributed by atoms with van der Waals surface area (Å²) in [5.41, 5.74) is 0.744. The second kappa shape index (κ2) is 5.75. The summed E-state index contributed by atoms with van der Waals surface area (Å²) < 4.78 is 6.19. The van der Waals surface area contributed by atoms with Crippen molar-refractivity contribution in [3.8, 4) is 0 Å². The van der Waals surface area contributed by atoms with E-state index in [0.717, 1.165) is 42.6 Å². The number of ether oxygens (including phenoxy) is 1. The number of aliphatic hydroxyl groups is 1. The Morgan fingerprint density at radius 3 is 2.94 bits per heavy atom. The summed E-state index contributed by atoms with van der Waals surface area (Å²) >= 11 is 3.41. The maximum absolute atomic E-state index is 10.1. The molecule has 16 heavy (non-hydrogen) atoms. The lowest BCUT2D eigenvalue weighted by molar-refractivity contribution is 0.0425. The van der Waals surface area contributed by atoms with Gasteiger partial charge in [-0.1, -0.05) is 0 Å². The van der Waals surface area contributed by atoms with Crippen LogP contribution in [0.1, 0.15) is 31.1 Å². The van der Waals surface area contributed by atoms with Crippen LogP contribution in [0.2, 0.25) is 0 Å². The van der Waals surface area contributed by atoms with E-state index in [1.165, 1.54) is 0 Å². The van der Waals surface area contributed by atoms with Crippen LogP contribution in [-0.4, -0.2) is 23.3 Å². The lowest BCUT2D eigenvalue weighted by atomic mass is 9.92. The minimum absolute atomic E-state index is 0.473. The first kappa shape index (κ1) is 12.0. The molecule has 1 aliphatic rings. The van der Waals surface area contributed by atoms with Gasteiger partial charge in [0.2, 0.25) is 0 Å². The molecule has 0 bridgehead atoms. The van der Waals surface area contributed by atoms with Crippen LogP contribution in [-0.2, 0) is 4.74 Å². The van der Waals surface area contributed by atoms with Crippen molar-refractivity contribution in [3.05, 3.63) is 28.5 Å². The first-order valence-electron chi connectivity index (χ1n) is 5.63. The van der Waals surface area contributed by atoms with Gasteiger partial charge in [0.1, 0.15) is 0 Å². The number of hydrogen-bond donors (Lipinski definition) is 1. The van der Waals surface area contributed by atoms with Crippen molar-refractivity contribution in [2.24, 2.45) is 5.92 Å². The fraction of sp³-hybridized carbons (Fsp3) is 0.583. The highest BCUT2D eigenvalue weighted by Gasteiger charge is 2.20. The van der Waals surface area contributed by atoms with Gasteiger partial charge in [-0.15, -0.1) is 0 Å². The van der Waals surface area contributed by atoms with Gasteiger partial charge in [-0.3, -0.25) is 4.98 Å². The van der Waals surface area contributed by atoms with Crippen LogP contribution in [0.3, 0.4) is 0 Å². The molecule has 88 valence electrons. The molecule has 4 heteroatoms. The van der Waals surface area contributed by atoms with E-state index in [1.807, 2.05) is 12.1 Å². The number of hydrogen-bond acceptors (Lipinski definition) is 3. The monoisotopic (exact) mass is 285 g/mol. The third kappa shape index (κ3) is 3.03. The van der Waals surface area contributed by atoms with Gasteiger partial charge in [0.25, 0.3) is 0 Å². The SMILES string of the molecule is OC(CC1CCOCC1)c1ncccc1Br. The molecule has 0 saturated carbocycles. The maximum atomic E-state index is 10.1. The quantitative estimate of drug-likeness (QED) is 0.929. The average molecular weight is 286 g/mol. The number of aliphatic hydroxyl groups excluding tert-OH is 1. The largest absolute Gasteiger partial charge is 0.387 e. The fourth-order valence-electron chi connectivity index (χ4n) is 2.05. The Kier molecular flexibility index (Phi) is 4.32. The van der Waals surface area contributed by atoms with Crippen LogP contribution in [0.5, 0.6) is 0 Å². The van der Waals surface area contributed by atoms with Crippen LogP contribution < -0.4 is 0 Å². The number of halogens is 1. The Bertz CT molecular complexity index is 340. The van der Waals surface area contributed by atoms with Gasteiger partial charge in [0, 0.05) is 23.9 Å². The van der Waals surface area contributed by atoms with Crippen LogP contribution in [0.25, 0.3) is 0 Å². The summed E-state index contributed by atoms with van der Waals surface area (Å²) in [7, 11) is 0. The molecule has 0 aromatic carbocycles. The zero-order valence-electron chi connectivity index (χ0n) is 9.10. The third-order valence-corrected chi connectivity index (χ3v) is 3.67. The lowest BCUT2D eigenvalue weighted by Gasteiger charge is -2.24. The Hall–Kier alpha value is -0.450. The summed E-state index contributed by atoms with van der Waals surface area (Å²) in [6.45, 7) is 1.64. The van der Waals surface area contributed by atoms with E-state index in [-0.39, 0.29) is 0 Å². The first-order valence-corrected chi connectivity index (χ1v) is 6.43. The molecule has 1 aromatic rings. The second-order valence-electron chi connectivity index (χ2n) is 4.18. The van der Waals surface area contributed by atoms with Crippen LogP contribution in [0.15, 0.2) is 22.8 Å². The average Bonchev–Trinajstić information content (AvgIpc) is 2.31. The van der Waals surface area contributed by atoms with E-state index < -0.39 is 6.10 Å². The summed E-state index contributed by atoms with van der Waals surface area (Å²) in [6, 6.07) is 3.77. The van der Waals surface area contributed by atoms with Gasteiger partial charge in [-0.2, -0.15) is 0 Å². The van der Waals surface area contributed by atoms with Crippen molar-refractivity contribution < 1.29 is 9.84 Å². The van der Waals surface area contributed by atoms with Crippen molar-refractivity contribution in [1.82, 2.24) is 4.98 Å².